The lowest BCUT2D eigenvalue weighted by atomic mass is 9.98. The molecular formula is C33H24FN5O2. The molecule has 8 heteroatoms. The maximum atomic E-state index is 15.1. The highest BCUT2D eigenvalue weighted by molar-refractivity contribution is 6.21. The number of rotatable bonds is 5. The van der Waals surface area contributed by atoms with Crippen LogP contribution in [0, 0.1) is 5.82 Å². The molecule has 0 saturated heterocycles. The van der Waals surface area contributed by atoms with Crippen LogP contribution < -0.4 is 10.2 Å². The summed E-state index contributed by atoms with van der Waals surface area (Å²) in [5, 5.41) is 3.65. The van der Waals surface area contributed by atoms with Gasteiger partial charge in [-0.25, -0.2) is 9.38 Å². The van der Waals surface area contributed by atoms with Crippen LogP contribution in [0.4, 0.5) is 15.8 Å². The van der Waals surface area contributed by atoms with Crippen LogP contribution in [0.25, 0.3) is 10.9 Å². The summed E-state index contributed by atoms with van der Waals surface area (Å²) in [6.07, 6.45) is 1.05. The first-order valence-electron chi connectivity index (χ1n) is 13.4. The molecule has 0 bridgehead atoms. The third-order valence-corrected chi connectivity index (χ3v) is 7.48. The summed E-state index contributed by atoms with van der Waals surface area (Å²) in [5.41, 5.74) is 5.30. The number of nitrogens with zero attached hydrogens (tertiary/aromatic N) is 3. The third kappa shape index (κ3) is 4.30. The average Bonchev–Trinajstić information content (AvgIpc) is 3.58. The summed E-state index contributed by atoms with van der Waals surface area (Å²) in [5.74, 6) is -1.34. The number of benzene rings is 4. The molecule has 0 aliphatic carbocycles. The van der Waals surface area contributed by atoms with Crippen molar-refractivity contribution in [3.63, 3.8) is 0 Å². The van der Waals surface area contributed by atoms with Crippen molar-refractivity contribution in [3.05, 3.63) is 131 Å². The van der Waals surface area contributed by atoms with Crippen LogP contribution in [0.5, 0.6) is 0 Å². The second-order valence-corrected chi connectivity index (χ2v) is 9.94. The van der Waals surface area contributed by atoms with Crippen LogP contribution in [0.15, 0.2) is 107 Å². The van der Waals surface area contributed by atoms with Crippen molar-refractivity contribution in [2.45, 2.75) is 12.6 Å². The second-order valence-electron chi connectivity index (χ2n) is 9.94. The Kier molecular flexibility index (Phi) is 6.00. The average molecular weight is 542 g/mol. The van der Waals surface area contributed by atoms with Crippen molar-refractivity contribution in [2.24, 2.45) is 9.98 Å². The molecule has 2 amide bonds. The van der Waals surface area contributed by atoms with Gasteiger partial charge in [-0.3, -0.25) is 14.6 Å². The summed E-state index contributed by atoms with van der Waals surface area (Å²) < 4.78 is 15.1. The van der Waals surface area contributed by atoms with Gasteiger partial charge in [0, 0.05) is 40.4 Å². The molecule has 0 fully saturated rings. The number of aromatic nitrogens is 1. The van der Waals surface area contributed by atoms with Crippen molar-refractivity contribution in [1.29, 1.82) is 0 Å². The predicted octanol–water partition coefficient (Wildman–Crippen LogP) is 5.55. The van der Waals surface area contributed by atoms with E-state index in [2.05, 4.69) is 15.3 Å². The van der Waals surface area contributed by atoms with Gasteiger partial charge >= 0.3 is 0 Å². The summed E-state index contributed by atoms with van der Waals surface area (Å²) in [7, 11) is 0. The van der Waals surface area contributed by atoms with Crippen molar-refractivity contribution in [1.82, 2.24) is 10.3 Å². The number of carbonyl (C=O) groups excluding carboxylic acids is 2. The highest BCUT2D eigenvalue weighted by atomic mass is 19.1. The van der Waals surface area contributed by atoms with E-state index in [9.17, 15) is 9.59 Å². The van der Waals surface area contributed by atoms with E-state index in [1.54, 1.807) is 29.3 Å². The fourth-order valence-corrected chi connectivity index (χ4v) is 5.56. The first-order valence-corrected chi connectivity index (χ1v) is 13.4. The van der Waals surface area contributed by atoms with Gasteiger partial charge < -0.3 is 15.2 Å². The third-order valence-electron chi connectivity index (χ3n) is 7.48. The Morgan fingerprint density at radius 1 is 0.951 bits per heavy atom. The zero-order chi connectivity index (χ0) is 27.9. The molecule has 1 unspecified atom stereocenters. The Bertz CT molecular complexity index is 1890. The van der Waals surface area contributed by atoms with E-state index >= 15 is 4.39 Å². The van der Waals surface area contributed by atoms with Gasteiger partial charge in [0.25, 0.3) is 11.8 Å². The summed E-state index contributed by atoms with van der Waals surface area (Å²) in [4.78, 5) is 41.8. The highest BCUT2D eigenvalue weighted by Crippen LogP contribution is 2.36. The van der Waals surface area contributed by atoms with Gasteiger partial charge in [0.15, 0.2) is 0 Å². The zero-order valence-corrected chi connectivity index (χ0v) is 21.8. The largest absolute Gasteiger partial charge is 0.350 e. The molecule has 1 aromatic heterocycles. The maximum Gasteiger partial charge on any atom is 0.272 e. The van der Waals surface area contributed by atoms with E-state index in [1.165, 1.54) is 6.07 Å². The molecule has 0 saturated carbocycles. The van der Waals surface area contributed by atoms with Crippen LogP contribution in [0.3, 0.4) is 0 Å². The van der Waals surface area contributed by atoms with Crippen molar-refractivity contribution in [2.75, 3.05) is 11.4 Å². The topological polar surface area (TPSA) is 89.9 Å². The first-order chi connectivity index (χ1) is 20.1. The number of aliphatic imine (C=N–C) groups is 2. The Labute approximate surface area is 235 Å². The molecule has 2 aliphatic rings. The Morgan fingerprint density at radius 2 is 1.71 bits per heavy atom. The summed E-state index contributed by atoms with van der Waals surface area (Å²) >= 11 is 0. The van der Waals surface area contributed by atoms with E-state index in [-0.39, 0.29) is 17.2 Å². The SMILES string of the molecule is O=C(NC1N=C(c2ccccc2F)c2cccc3c2N(CC3)C1=O)c1[nH]c2ccccc2c1C=Nc1ccccc1. The molecule has 41 heavy (non-hydrogen) atoms. The minimum Gasteiger partial charge on any atom is -0.350 e. The van der Waals surface area contributed by atoms with E-state index in [1.807, 2.05) is 72.8 Å². The number of nitrogens with one attached hydrogen (secondary N) is 2. The molecular weight excluding hydrogens is 517 g/mol. The van der Waals surface area contributed by atoms with Gasteiger partial charge in [0.2, 0.25) is 6.17 Å². The zero-order valence-electron chi connectivity index (χ0n) is 21.8. The number of hydrogen-bond acceptors (Lipinski definition) is 4. The van der Waals surface area contributed by atoms with Crippen LogP contribution in [-0.2, 0) is 11.2 Å². The van der Waals surface area contributed by atoms with E-state index in [0.717, 1.165) is 27.8 Å². The maximum absolute atomic E-state index is 15.1. The fourth-order valence-electron chi connectivity index (χ4n) is 5.56. The van der Waals surface area contributed by atoms with Crippen LogP contribution in [-0.4, -0.2) is 41.4 Å². The first kappa shape index (κ1) is 24.7. The van der Waals surface area contributed by atoms with Gasteiger partial charge in [-0.15, -0.1) is 0 Å². The lowest BCUT2D eigenvalue weighted by Crippen LogP contribution is -2.47. The Balaban J connectivity index is 1.31. The number of aromatic amines is 1. The standard InChI is InChI=1S/C33H24FN5O2/c34-26-15-6-4-13-23(26)28-24-14-8-9-20-17-18-39(30(20)24)33(41)31(37-28)38-32(40)29-25(19-35-21-10-2-1-3-11-21)22-12-5-7-16-27(22)36-29/h1-16,19,31,36H,17-18H2,(H,38,40). The van der Waals surface area contributed by atoms with Crippen LogP contribution in [0.1, 0.15) is 32.7 Å². The molecule has 2 N–H and O–H groups in total. The summed E-state index contributed by atoms with van der Waals surface area (Å²) in [6.45, 7) is 0.457. The van der Waals surface area contributed by atoms with E-state index in [4.69, 9.17) is 4.99 Å². The Morgan fingerprint density at radius 3 is 2.56 bits per heavy atom. The number of amides is 2. The fraction of sp³-hybridized carbons (Fsp3) is 0.0909. The summed E-state index contributed by atoms with van der Waals surface area (Å²) in [6, 6.07) is 29.0. The monoisotopic (exact) mass is 541 g/mol. The number of para-hydroxylation sites is 3. The van der Waals surface area contributed by atoms with Gasteiger partial charge in [0.1, 0.15) is 11.5 Å². The van der Waals surface area contributed by atoms with E-state index < -0.39 is 17.9 Å². The van der Waals surface area contributed by atoms with Gasteiger partial charge in [0.05, 0.1) is 17.1 Å². The molecule has 1 atom stereocenters. The molecule has 0 radical (unpaired) electrons. The number of hydrogen-bond donors (Lipinski definition) is 2. The molecule has 7 rings (SSSR count). The van der Waals surface area contributed by atoms with E-state index in [0.29, 0.717) is 29.8 Å². The van der Waals surface area contributed by atoms with Gasteiger partial charge in [-0.1, -0.05) is 66.7 Å². The van der Waals surface area contributed by atoms with Crippen molar-refractivity contribution in [3.8, 4) is 0 Å². The predicted molar refractivity (Wildman–Crippen MR) is 158 cm³/mol. The number of halogens is 1. The van der Waals surface area contributed by atoms with Crippen molar-refractivity contribution < 1.29 is 14.0 Å². The quantitative estimate of drug-likeness (QED) is 0.286. The molecule has 0 spiro atoms. The smallest absolute Gasteiger partial charge is 0.272 e. The van der Waals surface area contributed by atoms with Crippen LogP contribution in [0.2, 0.25) is 0 Å². The van der Waals surface area contributed by atoms with Crippen molar-refractivity contribution >= 4 is 46.0 Å². The lowest BCUT2D eigenvalue weighted by molar-refractivity contribution is -0.120. The molecule has 4 aromatic carbocycles. The molecule has 200 valence electrons. The number of fused-ring (bicyclic) bond motifs is 1. The van der Waals surface area contributed by atoms with Crippen LogP contribution >= 0.6 is 0 Å². The Hall–Kier alpha value is -5.37. The van der Waals surface area contributed by atoms with Gasteiger partial charge in [-0.2, -0.15) is 0 Å². The number of anilines is 1. The minimum atomic E-state index is -1.26. The minimum absolute atomic E-state index is 0.255. The molecule has 2 aliphatic heterocycles. The van der Waals surface area contributed by atoms with Gasteiger partial charge in [-0.05, 0) is 42.3 Å². The lowest BCUT2D eigenvalue weighted by Gasteiger charge is -2.21. The normalized spacial score (nSPS) is 16.1. The second kappa shape index (κ2) is 9.98. The highest BCUT2D eigenvalue weighted by Gasteiger charge is 2.38. The molecule has 3 heterocycles. The molecule has 5 aromatic rings. The number of carbonyl (C=O) groups is 2. The molecule has 7 nitrogen and oxygen atoms in total. The number of H-pyrrole nitrogens is 1.